The molecule has 2 heterocycles. The lowest BCUT2D eigenvalue weighted by Crippen LogP contribution is -2.45. The van der Waals surface area contributed by atoms with Crippen LogP contribution in [0.15, 0.2) is 0 Å². The highest BCUT2D eigenvalue weighted by Gasteiger charge is 2.24. The number of likely N-dealkylation sites (tertiary alicyclic amines) is 2. The van der Waals surface area contributed by atoms with E-state index in [1.165, 1.54) is 39.0 Å². The van der Waals surface area contributed by atoms with Crippen LogP contribution in [0.5, 0.6) is 0 Å². The third kappa shape index (κ3) is 3.16. The van der Waals surface area contributed by atoms with Crippen LogP contribution in [-0.4, -0.2) is 60.3 Å². The third-order valence-corrected chi connectivity index (χ3v) is 3.93. The molecule has 2 rings (SSSR count). The molecule has 2 unspecified atom stereocenters. The lowest BCUT2D eigenvalue weighted by molar-refractivity contribution is 0.0263. The Morgan fingerprint density at radius 3 is 2.40 bits per heavy atom. The van der Waals surface area contributed by atoms with E-state index in [4.69, 9.17) is 0 Å². The maximum Gasteiger partial charge on any atom is 0.0693 e. The molecule has 0 aliphatic carbocycles. The van der Waals surface area contributed by atoms with Gasteiger partial charge in [-0.3, -0.25) is 4.90 Å². The molecule has 88 valence electrons. The predicted octanol–water partition coefficient (Wildman–Crippen LogP) is 0.785. The third-order valence-electron chi connectivity index (χ3n) is 3.93. The van der Waals surface area contributed by atoms with Crippen LogP contribution in [0.2, 0.25) is 0 Å². The van der Waals surface area contributed by atoms with Gasteiger partial charge in [0.25, 0.3) is 0 Å². The van der Waals surface area contributed by atoms with Gasteiger partial charge in [0.15, 0.2) is 0 Å². The van der Waals surface area contributed by atoms with Crippen LogP contribution in [0.25, 0.3) is 0 Å². The molecule has 1 N–H and O–H groups in total. The maximum atomic E-state index is 9.78. The molecule has 2 atom stereocenters. The first-order chi connectivity index (χ1) is 7.25. The van der Waals surface area contributed by atoms with E-state index in [0.717, 1.165) is 19.5 Å². The fraction of sp³-hybridized carbons (Fsp3) is 1.00. The summed E-state index contributed by atoms with van der Waals surface area (Å²) in [5.41, 5.74) is 0. The second-order valence-electron chi connectivity index (χ2n) is 5.18. The van der Waals surface area contributed by atoms with E-state index in [0.29, 0.717) is 5.92 Å². The van der Waals surface area contributed by atoms with Crippen LogP contribution in [-0.2, 0) is 0 Å². The summed E-state index contributed by atoms with van der Waals surface area (Å²) in [7, 11) is 0. The van der Waals surface area contributed by atoms with Crippen molar-refractivity contribution in [3.63, 3.8) is 0 Å². The molecule has 15 heavy (non-hydrogen) atoms. The standard InChI is InChI=1S/C12H24N2O/c1-11-4-7-14(10-12(11)15)9-8-13-5-2-3-6-13/h11-12,15H,2-10H2,1H3. The summed E-state index contributed by atoms with van der Waals surface area (Å²) in [6, 6.07) is 0. The molecule has 0 spiro atoms. The Kier molecular flexibility index (Phi) is 4.00. The number of β-amino-alcohol motifs (C(OH)–C–C–N with tert-alkyl or cyclic N) is 1. The minimum Gasteiger partial charge on any atom is -0.392 e. The fourth-order valence-corrected chi connectivity index (χ4v) is 2.61. The highest BCUT2D eigenvalue weighted by Crippen LogP contribution is 2.17. The van der Waals surface area contributed by atoms with E-state index >= 15 is 0 Å². The number of aliphatic hydroxyl groups is 1. The first-order valence-electron chi connectivity index (χ1n) is 6.38. The monoisotopic (exact) mass is 212 g/mol. The molecule has 3 nitrogen and oxygen atoms in total. The maximum absolute atomic E-state index is 9.78. The van der Waals surface area contributed by atoms with Gasteiger partial charge in [0.1, 0.15) is 0 Å². The number of hydrogen-bond donors (Lipinski definition) is 1. The fourth-order valence-electron chi connectivity index (χ4n) is 2.61. The average molecular weight is 212 g/mol. The zero-order valence-electron chi connectivity index (χ0n) is 9.86. The van der Waals surface area contributed by atoms with Crippen molar-refractivity contribution >= 4 is 0 Å². The number of aliphatic hydroxyl groups excluding tert-OH is 1. The van der Waals surface area contributed by atoms with E-state index in [-0.39, 0.29) is 6.10 Å². The molecule has 0 bridgehead atoms. The van der Waals surface area contributed by atoms with Crippen LogP contribution in [0.3, 0.4) is 0 Å². The van der Waals surface area contributed by atoms with Crippen LogP contribution in [0.1, 0.15) is 26.2 Å². The normalized spacial score (nSPS) is 34.8. The second-order valence-corrected chi connectivity index (χ2v) is 5.18. The summed E-state index contributed by atoms with van der Waals surface area (Å²) in [6.45, 7) is 9.12. The van der Waals surface area contributed by atoms with Crippen LogP contribution >= 0.6 is 0 Å². The van der Waals surface area contributed by atoms with Crippen molar-refractivity contribution < 1.29 is 5.11 Å². The first kappa shape index (κ1) is 11.4. The summed E-state index contributed by atoms with van der Waals surface area (Å²) < 4.78 is 0. The highest BCUT2D eigenvalue weighted by molar-refractivity contribution is 4.78. The Morgan fingerprint density at radius 1 is 1.07 bits per heavy atom. The quantitative estimate of drug-likeness (QED) is 0.749. The topological polar surface area (TPSA) is 26.7 Å². The summed E-state index contributed by atoms with van der Waals surface area (Å²) in [6.07, 6.45) is 3.80. The largest absolute Gasteiger partial charge is 0.392 e. The van der Waals surface area contributed by atoms with Crippen molar-refractivity contribution in [2.24, 2.45) is 5.92 Å². The highest BCUT2D eigenvalue weighted by atomic mass is 16.3. The summed E-state index contributed by atoms with van der Waals surface area (Å²) in [5, 5.41) is 9.78. The van der Waals surface area contributed by atoms with Crippen LogP contribution < -0.4 is 0 Å². The van der Waals surface area contributed by atoms with Crippen LogP contribution in [0, 0.1) is 5.92 Å². The van der Waals surface area contributed by atoms with Crippen molar-refractivity contribution in [1.82, 2.24) is 9.80 Å². The zero-order chi connectivity index (χ0) is 10.7. The van der Waals surface area contributed by atoms with Gasteiger partial charge in [-0.1, -0.05) is 6.92 Å². The van der Waals surface area contributed by atoms with Gasteiger partial charge in [-0.25, -0.2) is 0 Å². The van der Waals surface area contributed by atoms with E-state index in [2.05, 4.69) is 16.7 Å². The molecule has 2 fully saturated rings. The summed E-state index contributed by atoms with van der Waals surface area (Å²) >= 11 is 0. The summed E-state index contributed by atoms with van der Waals surface area (Å²) in [5.74, 6) is 0.494. The number of nitrogens with zero attached hydrogens (tertiary/aromatic N) is 2. The van der Waals surface area contributed by atoms with Crippen molar-refractivity contribution in [2.45, 2.75) is 32.3 Å². The Morgan fingerprint density at radius 2 is 1.73 bits per heavy atom. The molecule has 0 amide bonds. The number of hydrogen-bond acceptors (Lipinski definition) is 3. The van der Waals surface area contributed by atoms with Gasteiger partial charge in [0.2, 0.25) is 0 Å². The Labute approximate surface area is 93.1 Å². The average Bonchev–Trinajstić information content (AvgIpc) is 2.73. The minimum absolute atomic E-state index is 0.0997. The van der Waals surface area contributed by atoms with E-state index in [1.54, 1.807) is 0 Å². The number of piperidine rings is 1. The lowest BCUT2D eigenvalue weighted by atomic mass is 9.96. The van der Waals surface area contributed by atoms with Crippen molar-refractivity contribution in [2.75, 3.05) is 39.3 Å². The molecular weight excluding hydrogens is 188 g/mol. The van der Waals surface area contributed by atoms with Crippen molar-refractivity contribution in [3.05, 3.63) is 0 Å². The molecule has 3 heteroatoms. The Bertz CT molecular complexity index is 192. The predicted molar refractivity (Wildman–Crippen MR) is 61.9 cm³/mol. The van der Waals surface area contributed by atoms with E-state index in [1.807, 2.05) is 0 Å². The molecule has 0 aromatic carbocycles. The van der Waals surface area contributed by atoms with E-state index < -0.39 is 0 Å². The van der Waals surface area contributed by atoms with Gasteiger partial charge < -0.3 is 10.0 Å². The molecule has 2 aliphatic heterocycles. The van der Waals surface area contributed by atoms with Gasteiger partial charge in [0, 0.05) is 19.6 Å². The minimum atomic E-state index is -0.0997. The SMILES string of the molecule is CC1CCN(CCN2CCCC2)CC1O. The zero-order valence-corrected chi connectivity index (χ0v) is 9.86. The van der Waals surface area contributed by atoms with Gasteiger partial charge in [-0.2, -0.15) is 0 Å². The molecule has 0 aromatic heterocycles. The molecule has 0 saturated carbocycles. The molecule has 2 aliphatic rings. The molecular formula is C12H24N2O. The van der Waals surface area contributed by atoms with Crippen LogP contribution in [0.4, 0.5) is 0 Å². The number of rotatable bonds is 3. The van der Waals surface area contributed by atoms with Crippen molar-refractivity contribution in [1.29, 1.82) is 0 Å². The smallest absolute Gasteiger partial charge is 0.0693 e. The lowest BCUT2D eigenvalue weighted by Gasteiger charge is -2.35. The van der Waals surface area contributed by atoms with E-state index in [9.17, 15) is 5.11 Å². The Hall–Kier alpha value is -0.120. The molecule has 0 radical (unpaired) electrons. The summed E-state index contributed by atoms with van der Waals surface area (Å²) in [4.78, 5) is 4.97. The van der Waals surface area contributed by atoms with Gasteiger partial charge >= 0.3 is 0 Å². The molecule has 0 aromatic rings. The molecule has 2 saturated heterocycles. The van der Waals surface area contributed by atoms with Gasteiger partial charge in [-0.15, -0.1) is 0 Å². The van der Waals surface area contributed by atoms with Crippen molar-refractivity contribution in [3.8, 4) is 0 Å². The Balaban J connectivity index is 1.66. The first-order valence-corrected chi connectivity index (χ1v) is 6.38. The van der Waals surface area contributed by atoms with Gasteiger partial charge in [0.05, 0.1) is 6.10 Å². The second kappa shape index (κ2) is 5.28. The van der Waals surface area contributed by atoms with Gasteiger partial charge in [-0.05, 0) is 44.8 Å².